The summed E-state index contributed by atoms with van der Waals surface area (Å²) >= 11 is 1.21. The number of aryl methyl sites for hydroxylation is 1. The number of aromatic carboxylic acids is 1. The average molecular weight is 276 g/mol. The van der Waals surface area contributed by atoms with Crippen molar-refractivity contribution in [2.75, 3.05) is 5.32 Å². The molecule has 0 bridgehead atoms. The van der Waals surface area contributed by atoms with Gasteiger partial charge in [0.2, 0.25) is 5.91 Å². The van der Waals surface area contributed by atoms with Gasteiger partial charge in [-0.3, -0.25) is 9.78 Å². The molecule has 98 valence electrons. The van der Waals surface area contributed by atoms with Crippen molar-refractivity contribution in [3.05, 3.63) is 47.1 Å². The van der Waals surface area contributed by atoms with Crippen molar-refractivity contribution in [1.29, 1.82) is 0 Å². The molecule has 0 saturated carbocycles. The lowest BCUT2D eigenvalue weighted by Crippen LogP contribution is -2.13. The Bertz CT molecular complexity index is 581. The zero-order chi connectivity index (χ0) is 13.7. The highest BCUT2D eigenvalue weighted by Crippen LogP contribution is 2.23. The molecule has 2 heterocycles. The number of pyridine rings is 1. The number of aromatic nitrogens is 1. The van der Waals surface area contributed by atoms with Crippen LogP contribution in [0.3, 0.4) is 0 Å². The molecular weight excluding hydrogens is 264 g/mol. The van der Waals surface area contributed by atoms with Crippen LogP contribution in [0.25, 0.3) is 0 Å². The van der Waals surface area contributed by atoms with Crippen LogP contribution in [0.1, 0.15) is 22.3 Å². The SMILES string of the molecule is O=C(CCc1ccncc1)Nc1sccc1C(=O)O. The fourth-order valence-corrected chi connectivity index (χ4v) is 2.37. The molecule has 0 unspecified atom stereocenters. The maximum Gasteiger partial charge on any atom is 0.338 e. The predicted molar refractivity (Wildman–Crippen MR) is 72.5 cm³/mol. The molecule has 2 aromatic heterocycles. The lowest BCUT2D eigenvalue weighted by Gasteiger charge is -2.04. The highest BCUT2D eigenvalue weighted by atomic mass is 32.1. The molecule has 0 spiro atoms. The zero-order valence-electron chi connectivity index (χ0n) is 10.00. The predicted octanol–water partition coefficient (Wildman–Crippen LogP) is 2.41. The van der Waals surface area contributed by atoms with Crippen LogP contribution in [0.15, 0.2) is 36.0 Å². The van der Waals surface area contributed by atoms with E-state index < -0.39 is 5.97 Å². The molecule has 0 fully saturated rings. The van der Waals surface area contributed by atoms with Crippen molar-refractivity contribution in [3.63, 3.8) is 0 Å². The van der Waals surface area contributed by atoms with Gasteiger partial charge in [-0.15, -0.1) is 11.3 Å². The number of nitrogens with one attached hydrogen (secondary N) is 1. The molecule has 2 aromatic rings. The Balaban J connectivity index is 1.91. The first-order valence-electron chi connectivity index (χ1n) is 5.66. The first kappa shape index (κ1) is 13.2. The van der Waals surface area contributed by atoms with E-state index in [-0.39, 0.29) is 11.5 Å². The third kappa shape index (κ3) is 3.62. The monoisotopic (exact) mass is 276 g/mol. The smallest absolute Gasteiger partial charge is 0.338 e. The number of rotatable bonds is 5. The van der Waals surface area contributed by atoms with E-state index in [1.54, 1.807) is 17.8 Å². The quantitative estimate of drug-likeness (QED) is 0.879. The summed E-state index contributed by atoms with van der Waals surface area (Å²) in [7, 11) is 0. The third-order valence-corrected chi connectivity index (χ3v) is 3.37. The number of anilines is 1. The molecule has 0 aromatic carbocycles. The molecule has 5 nitrogen and oxygen atoms in total. The van der Waals surface area contributed by atoms with E-state index in [1.165, 1.54) is 17.4 Å². The number of carbonyl (C=O) groups is 2. The second-order valence-electron chi connectivity index (χ2n) is 3.87. The molecule has 0 aliphatic heterocycles. The van der Waals surface area contributed by atoms with E-state index in [1.807, 2.05) is 12.1 Å². The molecule has 2 N–H and O–H groups in total. The lowest BCUT2D eigenvalue weighted by atomic mass is 10.1. The largest absolute Gasteiger partial charge is 0.478 e. The number of carboxylic acid groups (broad SMARTS) is 1. The molecule has 0 aliphatic rings. The molecular formula is C13H12N2O3S. The van der Waals surface area contributed by atoms with Crippen molar-refractivity contribution in [1.82, 2.24) is 4.98 Å². The number of carboxylic acids is 1. The Hall–Kier alpha value is -2.21. The molecule has 6 heteroatoms. The van der Waals surface area contributed by atoms with E-state index in [4.69, 9.17) is 5.11 Å². The van der Waals surface area contributed by atoms with Gasteiger partial charge in [-0.2, -0.15) is 0 Å². The Morgan fingerprint density at radius 3 is 2.68 bits per heavy atom. The van der Waals surface area contributed by atoms with E-state index in [0.29, 0.717) is 17.8 Å². The third-order valence-electron chi connectivity index (χ3n) is 2.54. The molecule has 0 atom stereocenters. The molecule has 0 radical (unpaired) electrons. The maximum atomic E-state index is 11.7. The van der Waals surface area contributed by atoms with Gasteiger partial charge >= 0.3 is 5.97 Å². The summed E-state index contributed by atoms with van der Waals surface area (Å²) in [5, 5.41) is 13.6. The molecule has 0 aliphatic carbocycles. The summed E-state index contributed by atoms with van der Waals surface area (Å²) in [4.78, 5) is 26.5. The van der Waals surface area contributed by atoms with Crippen molar-refractivity contribution >= 4 is 28.2 Å². The van der Waals surface area contributed by atoms with Gasteiger partial charge in [-0.05, 0) is 35.6 Å². The highest BCUT2D eigenvalue weighted by Gasteiger charge is 2.13. The van der Waals surface area contributed by atoms with Crippen LogP contribution in [0.4, 0.5) is 5.00 Å². The lowest BCUT2D eigenvalue weighted by molar-refractivity contribution is -0.116. The van der Waals surface area contributed by atoms with Crippen LogP contribution in [0.2, 0.25) is 0 Å². The van der Waals surface area contributed by atoms with Gasteiger partial charge in [0.1, 0.15) is 5.00 Å². The van der Waals surface area contributed by atoms with Gasteiger partial charge in [0.25, 0.3) is 0 Å². The van der Waals surface area contributed by atoms with Crippen LogP contribution < -0.4 is 5.32 Å². The van der Waals surface area contributed by atoms with Gasteiger partial charge in [0.15, 0.2) is 0 Å². The summed E-state index contributed by atoms with van der Waals surface area (Å²) in [6.07, 6.45) is 4.26. The fourth-order valence-electron chi connectivity index (χ4n) is 1.57. The molecule has 1 amide bonds. The van der Waals surface area contributed by atoms with Crippen LogP contribution >= 0.6 is 11.3 Å². The highest BCUT2D eigenvalue weighted by molar-refractivity contribution is 7.14. The van der Waals surface area contributed by atoms with E-state index in [9.17, 15) is 9.59 Å². The standard InChI is InChI=1S/C13H12N2O3S/c16-11(2-1-9-3-6-14-7-4-9)15-12-10(13(17)18)5-8-19-12/h3-8H,1-2H2,(H,15,16)(H,17,18). The second-order valence-corrected chi connectivity index (χ2v) is 4.79. The van der Waals surface area contributed by atoms with Crippen molar-refractivity contribution in [2.45, 2.75) is 12.8 Å². The van der Waals surface area contributed by atoms with E-state index >= 15 is 0 Å². The minimum Gasteiger partial charge on any atom is -0.478 e. The minimum atomic E-state index is -1.04. The van der Waals surface area contributed by atoms with Gasteiger partial charge in [-0.25, -0.2) is 4.79 Å². The Labute approximate surface area is 113 Å². The van der Waals surface area contributed by atoms with Crippen molar-refractivity contribution < 1.29 is 14.7 Å². The number of carbonyl (C=O) groups excluding carboxylic acids is 1. The fraction of sp³-hybridized carbons (Fsp3) is 0.154. The van der Waals surface area contributed by atoms with Gasteiger partial charge in [0.05, 0.1) is 5.56 Å². The Morgan fingerprint density at radius 1 is 1.26 bits per heavy atom. The van der Waals surface area contributed by atoms with Crippen molar-refractivity contribution in [3.8, 4) is 0 Å². The van der Waals surface area contributed by atoms with Gasteiger partial charge in [-0.1, -0.05) is 0 Å². The number of nitrogens with zero attached hydrogens (tertiary/aromatic N) is 1. The topological polar surface area (TPSA) is 79.3 Å². The van der Waals surface area contributed by atoms with Gasteiger partial charge < -0.3 is 10.4 Å². The summed E-state index contributed by atoms with van der Waals surface area (Å²) < 4.78 is 0. The summed E-state index contributed by atoms with van der Waals surface area (Å²) in [5.41, 5.74) is 1.15. The zero-order valence-corrected chi connectivity index (χ0v) is 10.8. The molecule has 19 heavy (non-hydrogen) atoms. The maximum absolute atomic E-state index is 11.7. The number of hydrogen-bond donors (Lipinski definition) is 2. The van der Waals surface area contributed by atoms with E-state index in [2.05, 4.69) is 10.3 Å². The summed E-state index contributed by atoms with van der Waals surface area (Å²) in [5.74, 6) is -1.23. The second kappa shape index (κ2) is 6.10. The molecule has 0 saturated heterocycles. The number of thiophene rings is 1. The first-order chi connectivity index (χ1) is 9.16. The minimum absolute atomic E-state index is 0.127. The van der Waals surface area contributed by atoms with E-state index in [0.717, 1.165) is 5.56 Å². The summed E-state index contributed by atoms with van der Waals surface area (Å²) in [6.45, 7) is 0. The first-order valence-corrected chi connectivity index (χ1v) is 6.54. The number of amides is 1. The van der Waals surface area contributed by atoms with Crippen LogP contribution in [-0.4, -0.2) is 22.0 Å². The summed E-state index contributed by atoms with van der Waals surface area (Å²) in [6, 6.07) is 5.17. The van der Waals surface area contributed by atoms with Crippen LogP contribution in [-0.2, 0) is 11.2 Å². The molecule has 2 rings (SSSR count). The van der Waals surface area contributed by atoms with Crippen LogP contribution in [0, 0.1) is 0 Å². The Morgan fingerprint density at radius 2 is 2.00 bits per heavy atom. The average Bonchev–Trinajstić information content (AvgIpc) is 2.86. The Kier molecular flexibility index (Phi) is 4.25. The number of hydrogen-bond acceptors (Lipinski definition) is 4. The van der Waals surface area contributed by atoms with Gasteiger partial charge in [0, 0.05) is 18.8 Å². The van der Waals surface area contributed by atoms with Crippen molar-refractivity contribution in [2.24, 2.45) is 0 Å². The normalized spacial score (nSPS) is 10.1. The van der Waals surface area contributed by atoms with Crippen LogP contribution in [0.5, 0.6) is 0 Å².